The van der Waals surface area contributed by atoms with Crippen LogP contribution in [0.25, 0.3) is 0 Å². The smallest absolute Gasteiger partial charge is 0.434 e. The van der Waals surface area contributed by atoms with Gasteiger partial charge in [-0.3, -0.25) is 4.79 Å². The first-order valence-corrected chi connectivity index (χ1v) is 6.35. The fraction of sp³-hybridized carbons (Fsp3) is 0.364. The highest BCUT2D eigenvalue weighted by molar-refractivity contribution is 8.00. The normalized spacial score (nSPS) is 13.4. The first-order valence-electron chi connectivity index (χ1n) is 5.10. The number of benzene rings is 1. The lowest BCUT2D eigenvalue weighted by molar-refractivity contribution is -0.117. The molecular weight excluding hydrogens is 327 g/mol. The van der Waals surface area contributed by atoms with Gasteiger partial charge in [0, 0.05) is 10.5 Å². The van der Waals surface area contributed by atoms with E-state index < -0.39 is 51.3 Å². The zero-order valence-electron chi connectivity index (χ0n) is 9.88. The molecule has 2 nitrogen and oxygen atoms in total. The molecule has 0 spiro atoms. The van der Waals surface area contributed by atoms with E-state index in [0.29, 0.717) is 0 Å². The zero-order valence-corrected chi connectivity index (χ0v) is 11.5. The number of rotatable bonds is 5. The van der Waals surface area contributed by atoms with E-state index in [1.165, 1.54) is 0 Å². The van der Waals surface area contributed by atoms with Crippen molar-refractivity contribution < 1.29 is 31.5 Å². The van der Waals surface area contributed by atoms with E-state index in [2.05, 4.69) is 4.74 Å². The van der Waals surface area contributed by atoms with Gasteiger partial charge in [-0.2, -0.15) is 22.0 Å². The van der Waals surface area contributed by atoms with E-state index in [4.69, 9.17) is 11.6 Å². The Morgan fingerprint density at radius 1 is 1.35 bits per heavy atom. The first kappa shape index (κ1) is 17.0. The van der Waals surface area contributed by atoms with Crippen LogP contribution < -0.4 is 4.74 Å². The maximum absolute atomic E-state index is 12.4. The molecule has 0 saturated carbocycles. The quantitative estimate of drug-likeness (QED) is 0.441. The van der Waals surface area contributed by atoms with Gasteiger partial charge in [0.2, 0.25) is 0 Å². The Morgan fingerprint density at radius 2 is 1.95 bits per heavy atom. The van der Waals surface area contributed by atoms with Gasteiger partial charge in [-0.05, 0) is 30.8 Å². The maximum Gasteiger partial charge on any atom is 0.446 e. The topological polar surface area (TPSA) is 26.3 Å². The average molecular weight is 335 g/mol. The molecular formula is C11H8ClF5O2S. The summed E-state index contributed by atoms with van der Waals surface area (Å²) in [4.78, 5) is 10.8. The van der Waals surface area contributed by atoms with Crippen LogP contribution in [0.15, 0.2) is 23.1 Å². The van der Waals surface area contributed by atoms with Crippen LogP contribution >= 0.6 is 23.4 Å². The van der Waals surface area contributed by atoms with Gasteiger partial charge in [-0.1, -0.05) is 6.07 Å². The van der Waals surface area contributed by atoms with Crippen molar-refractivity contribution in [1.29, 1.82) is 0 Å². The molecule has 112 valence electrons. The highest BCUT2D eigenvalue weighted by Crippen LogP contribution is 2.45. The number of ether oxygens (including phenoxy) is 1. The second kappa shape index (κ2) is 6.62. The second-order valence-electron chi connectivity index (χ2n) is 3.57. The summed E-state index contributed by atoms with van der Waals surface area (Å²) in [5.74, 6) is -1.23. The minimum Gasteiger partial charge on any atom is -0.434 e. The van der Waals surface area contributed by atoms with Crippen LogP contribution in [0.4, 0.5) is 22.0 Å². The van der Waals surface area contributed by atoms with Gasteiger partial charge < -0.3 is 4.74 Å². The van der Waals surface area contributed by atoms with Gasteiger partial charge >= 0.3 is 12.1 Å². The lowest BCUT2D eigenvalue weighted by atomic mass is 10.1. The van der Waals surface area contributed by atoms with Crippen molar-refractivity contribution in [3.05, 3.63) is 23.8 Å². The van der Waals surface area contributed by atoms with Gasteiger partial charge in [0.15, 0.2) is 5.78 Å². The van der Waals surface area contributed by atoms with E-state index >= 15 is 0 Å². The number of halogens is 6. The molecule has 1 aromatic rings. The maximum atomic E-state index is 12.4. The fourth-order valence-corrected chi connectivity index (χ4v) is 2.40. The summed E-state index contributed by atoms with van der Waals surface area (Å²) in [6.07, 6.45) is 0. The lowest BCUT2D eigenvalue weighted by Crippen LogP contribution is -2.11. The van der Waals surface area contributed by atoms with Crippen LogP contribution in [0.2, 0.25) is 0 Å². The van der Waals surface area contributed by atoms with Crippen LogP contribution in [0.1, 0.15) is 17.9 Å². The molecule has 1 rings (SSSR count). The van der Waals surface area contributed by atoms with E-state index in [1.807, 2.05) is 0 Å². The summed E-state index contributed by atoms with van der Waals surface area (Å²) in [6, 6.07) is 3.17. The summed E-state index contributed by atoms with van der Waals surface area (Å²) in [6.45, 7) is -2.20. The van der Waals surface area contributed by atoms with Gasteiger partial charge in [-0.15, -0.1) is 11.6 Å². The van der Waals surface area contributed by atoms with Crippen LogP contribution in [-0.2, 0) is 4.79 Å². The van der Waals surface area contributed by atoms with Crippen molar-refractivity contribution >= 4 is 29.1 Å². The SMILES string of the molecule is CC(=O)C(Cl)c1c(OC(F)F)cccc1SC(F)(F)F. The number of thioether (sulfide) groups is 1. The van der Waals surface area contributed by atoms with Gasteiger partial charge in [0.1, 0.15) is 11.1 Å². The van der Waals surface area contributed by atoms with Crippen LogP contribution in [0, 0.1) is 0 Å². The first-order chi connectivity index (χ1) is 9.11. The minimum absolute atomic E-state index is 0.413. The molecule has 0 aliphatic rings. The van der Waals surface area contributed by atoms with Crippen LogP contribution in [-0.4, -0.2) is 17.9 Å². The molecule has 0 aromatic heterocycles. The van der Waals surface area contributed by atoms with Gasteiger partial charge in [-0.25, -0.2) is 0 Å². The summed E-state index contributed by atoms with van der Waals surface area (Å²) in [5.41, 5.74) is -5.06. The molecule has 1 aromatic carbocycles. The molecule has 0 bridgehead atoms. The highest BCUT2D eigenvalue weighted by Gasteiger charge is 2.33. The third kappa shape index (κ3) is 4.82. The Labute approximate surface area is 120 Å². The molecule has 0 aliphatic carbocycles. The number of carbonyl (C=O) groups is 1. The largest absolute Gasteiger partial charge is 0.446 e. The fourth-order valence-electron chi connectivity index (χ4n) is 1.39. The molecule has 20 heavy (non-hydrogen) atoms. The standard InChI is InChI=1S/C11H8ClF5O2S/c1-5(18)9(12)8-6(19-10(13)14)3-2-4-7(8)20-11(15,16)17/h2-4,9-10H,1H3. The Hall–Kier alpha value is -1.02. The number of alkyl halides is 6. The van der Waals surface area contributed by atoms with Crippen molar-refractivity contribution in [2.75, 3.05) is 0 Å². The second-order valence-corrected chi connectivity index (χ2v) is 5.11. The Morgan fingerprint density at radius 3 is 2.40 bits per heavy atom. The molecule has 0 aliphatic heterocycles. The molecule has 0 amide bonds. The third-order valence-electron chi connectivity index (χ3n) is 2.08. The van der Waals surface area contributed by atoms with Crippen molar-refractivity contribution in [3.8, 4) is 5.75 Å². The van der Waals surface area contributed by atoms with E-state index in [-0.39, 0.29) is 0 Å². The predicted molar refractivity (Wildman–Crippen MR) is 64.3 cm³/mol. The molecule has 0 N–H and O–H groups in total. The Kier molecular flexibility index (Phi) is 5.64. The van der Waals surface area contributed by atoms with Crippen molar-refractivity contribution in [2.24, 2.45) is 0 Å². The summed E-state index contributed by atoms with van der Waals surface area (Å²) >= 11 is 5.16. The van der Waals surface area contributed by atoms with Crippen LogP contribution in [0.5, 0.6) is 5.75 Å². The Balaban J connectivity index is 3.32. The van der Waals surface area contributed by atoms with E-state index in [0.717, 1.165) is 25.1 Å². The summed E-state index contributed by atoms with van der Waals surface area (Å²) in [5, 5.41) is -1.50. The van der Waals surface area contributed by atoms with Crippen molar-refractivity contribution in [2.45, 2.75) is 29.3 Å². The van der Waals surface area contributed by atoms with Gasteiger partial charge in [0.05, 0.1) is 0 Å². The molecule has 9 heteroatoms. The average Bonchev–Trinajstić information content (AvgIpc) is 2.25. The molecule has 0 fully saturated rings. The molecule has 0 heterocycles. The molecule has 0 radical (unpaired) electrons. The molecule has 0 saturated heterocycles. The predicted octanol–water partition coefficient (Wildman–Crippen LogP) is 4.77. The summed E-state index contributed by atoms with van der Waals surface area (Å²) < 4.78 is 65.9. The Bertz CT molecular complexity index is 492. The minimum atomic E-state index is -4.65. The van der Waals surface area contributed by atoms with Gasteiger partial charge in [0.25, 0.3) is 0 Å². The number of ketones is 1. The van der Waals surface area contributed by atoms with Crippen LogP contribution in [0.3, 0.4) is 0 Å². The summed E-state index contributed by atoms with van der Waals surface area (Å²) in [7, 11) is 0. The number of hydrogen-bond acceptors (Lipinski definition) is 3. The van der Waals surface area contributed by atoms with E-state index in [1.54, 1.807) is 0 Å². The number of hydrogen-bond donors (Lipinski definition) is 0. The lowest BCUT2D eigenvalue weighted by Gasteiger charge is -2.18. The molecule has 1 unspecified atom stereocenters. The monoisotopic (exact) mass is 334 g/mol. The van der Waals surface area contributed by atoms with E-state index in [9.17, 15) is 26.7 Å². The van der Waals surface area contributed by atoms with Crippen molar-refractivity contribution in [1.82, 2.24) is 0 Å². The zero-order chi connectivity index (χ0) is 15.5. The highest BCUT2D eigenvalue weighted by atomic mass is 35.5. The third-order valence-corrected chi connectivity index (χ3v) is 3.41. The number of carbonyl (C=O) groups excluding carboxylic acids is 1. The number of Topliss-reactive ketones (excluding diaryl/α,β-unsaturated/α-hetero) is 1. The van der Waals surface area contributed by atoms with Crippen molar-refractivity contribution in [3.63, 3.8) is 0 Å². The molecule has 1 atom stereocenters.